The van der Waals surface area contributed by atoms with Gasteiger partial charge in [-0.2, -0.15) is 0 Å². The van der Waals surface area contributed by atoms with Crippen LogP contribution in [0, 0.1) is 5.92 Å². The van der Waals surface area contributed by atoms with E-state index in [4.69, 9.17) is 0 Å². The van der Waals surface area contributed by atoms with Gasteiger partial charge in [0.15, 0.2) is 0 Å². The number of hydrogen-bond acceptors (Lipinski definition) is 3. The first kappa shape index (κ1) is 14.6. The van der Waals surface area contributed by atoms with Crippen molar-refractivity contribution in [1.82, 2.24) is 14.7 Å². The zero-order valence-corrected chi connectivity index (χ0v) is 12.9. The average molecular weight is 295 g/mol. The van der Waals surface area contributed by atoms with Gasteiger partial charge in [0, 0.05) is 37.8 Å². The Morgan fingerprint density at radius 1 is 1.05 bits per heavy atom. The van der Waals surface area contributed by atoms with E-state index < -0.39 is 11.9 Å². The molecule has 3 rings (SSSR count). The van der Waals surface area contributed by atoms with Crippen LogP contribution < -0.4 is 0 Å². The number of carboxylic acids is 1. The lowest BCUT2D eigenvalue weighted by Gasteiger charge is -2.32. The summed E-state index contributed by atoms with van der Waals surface area (Å²) in [5.74, 6) is -1.20. The van der Waals surface area contributed by atoms with Crippen LogP contribution in [0.25, 0.3) is 0 Å². The van der Waals surface area contributed by atoms with Crippen molar-refractivity contribution in [3.05, 3.63) is 0 Å². The van der Waals surface area contributed by atoms with Gasteiger partial charge in [-0.05, 0) is 39.7 Å². The molecule has 4 atom stereocenters. The first-order chi connectivity index (χ1) is 9.99. The molecule has 118 valence electrons. The number of likely N-dealkylation sites (tertiary alicyclic amines) is 2. The fourth-order valence-electron chi connectivity index (χ4n) is 4.20. The van der Waals surface area contributed by atoms with E-state index in [1.54, 1.807) is 4.90 Å². The van der Waals surface area contributed by atoms with Crippen LogP contribution in [0.2, 0.25) is 0 Å². The molecule has 4 unspecified atom stereocenters. The Labute approximate surface area is 125 Å². The van der Waals surface area contributed by atoms with Crippen LogP contribution in [0.1, 0.15) is 32.6 Å². The van der Waals surface area contributed by atoms with Crippen molar-refractivity contribution in [3.8, 4) is 0 Å². The number of amides is 2. The van der Waals surface area contributed by atoms with E-state index >= 15 is 0 Å². The third-order valence-electron chi connectivity index (χ3n) is 5.74. The summed E-state index contributed by atoms with van der Waals surface area (Å²) in [6.45, 7) is 4.01. The fourth-order valence-corrected chi connectivity index (χ4v) is 4.20. The molecule has 2 bridgehead atoms. The number of hydrogen-bond donors (Lipinski definition) is 1. The van der Waals surface area contributed by atoms with Gasteiger partial charge in [0.05, 0.1) is 5.92 Å². The van der Waals surface area contributed by atoms with E-state index in [9.17, 15) is 14.7 Å². The summed E-state index contributed by atoms with van der Waals surface area (Å²) >= 11 is 0. The molecular formula is C15H25N3O3. The molecule has 0 aliphatic carbocycles. The predicted octanol–water partition coefficient (Wildman–Crippen LogP) is 1.07. The predicted molar refractivity (Wildman–Crippen MR) is 78.1 cm³/mol. The van der Waals surface area contributed by atoms with Crippen molar-refractivity contribution < 1.29 is 14.7 Å². The third kappa shape index (κ3) is 2.50. The van der Waals surface area contributed by atoms with E-state index in [1.165, 1.54) is 6.42 Å². The first-order valence-electron chi connectivity index (χ1n) is 7.99. The van der Waals surface area contributed by atoms with Crippen molar-refractivity contribution in [1.29, 1.82) is 0 Å². The van der Waals surface area contributed by atoms with Gasteiger partial charge in [0.1, 0.15) is 0 Å². The summed E-state index contributed by atoms with van der Waals surface area (Å²) in [7, 11) is 2.16. The maximum Gasteiger partial charge on any atom is 0.320 e. The summed E-state index contributed by atoms with van der Waals surface area (Å²) in [5.41, 5.74) is 0. The molecule has 3 aliphatic rings. The van der Waals surface area contributed by atoms with E-state index in [-0.39, 0.29) is 12.1 Å². The second-order valence-electron chi connectivity index (χ2n) is 6.74. The van der Waals surface area contributed by atoms with E-state index in [0.717, 1.165) is 25.9 Å². The topological polar surface area (TPSA) is 64.1 Å². The van der Waals surface area contributed by atoms with E-state index in [0.29, 0.717) is 25.0 Å². The average Bonchev–Trinajstić information content (AvgIpc) is 2.90. The van der Waals surface area contributed by atoms with Gasteiger partial charge in [-0.15, -0.1) is 0 Å². The standard InChI is InChI=1S/C15H25N3O3/c1-10-13(14(19)20)6-8-18(10)15(21)17-7-5-11-3-4-12(9-17)16(11)2/h10-13H,3-9H2,1-2H3,(H,19,20). The fraction of sp³-hybridized carbons (Fsp3) is 0.867. The molecule has 1 N–H and O–H groups in total. The van der Waals surface area contributed by atoms with Gasteiger partial charge in [-0.3, -0.25) is 9.69 Å². The smallest absolute Gasteiger partial charge is 0.320 e. The van der Waals surface area contributed by atoms with Crippen LogP contribution >= 0.6 is 0 Å². The second kappa shape index (κ2) is 5.48. The number of rotatable bonds is 1. The van der Waals surface area contributed by atoms with Crippen LogP contribution in [-0.4, -0.2) is 76.6 Å². The Kier molecular flexibility index (Phi) is 3.82. The van der Waals surface area contributed by atoms with E-state index in [1.807, 2.05) is 11.8 Å². The molecule has 0 aromatic rings. The summed E-state index contributed by atoms with van der Waals surface area (Å²) in [5, 5.41) is 9.20. The number of aliphatic carboxylic acids is 1. The van der Waals surface area contributed by atoms with Gasteiger partial charge in [-0.1, -0.05) is 0 Å². The molecule has 6 nitrogen and oxygen atoms in total. The highest BCUT2D eigenvalue weighted by atomic mass is 16.4. The number of carbonyl (C=O) groups is 2. The molecule has 3 fully saturated rings. The Morgan fingerprint density at radius 2 is 1.76 bits per heavy atom. The molecule has 3 heterocycles. The van der Waals surface area contributed by atoms with Crippen LogP contribution in [0.5, 0.6) is 0 Å². The minimum Gasteiger partial charge on any atom is -0.481 e. The highest BCUT2D eigenvalue weighted by molar-refractivity contribution is 5.78. The molecule has 6 heteroatoms. The second-order valence-corrected chi connectivity index (χ2v) is 6.74. The van der Waals surface area contributed by atoms with Crippen LogP contribution in [0.15, 0.2) is 0 Å². The number of urea groups is 1. The summed E-state index contributed by atoms with van der Waals surface area (Å²) in [6.07, 6.45) is 4.01. The lowest BCUT2D eigenvalue weighted by atomic mass is 10.0. The largest absolute Gasteiger partial charge is 0.481 e. The zero-order valence-electron chi connectivity index (χ0n) is 12.9. The minimum atomic E-state index is -0.785. The number of likely N-dealkylation sites (N-methyl/N-ethyl adjacent to an activating group) is 1. The van der Waals surface area contributed by atoms with Gasteiger partial charge < -0.3 is 14.9 Å². The highest BCUT2D eigenvalue weighted by Crippen LogP contribution is 2.30. The maximum atomic E-state index is 12.8. The van der Waals surface area contributed by atoms with Gasteiger partial charge in [0.25, 0.3) is 0 Å². The monoisotopic (exact) mass is 295 g/mol. The molecule has 2 amide bonds. The Morgan fingerprint density at radius 3 is 2.43 bits per heavy atom. The van der Waals surface area contributed by atoms with Crippen molar-refractivity contribution >= 4 is 12.0 Å². The summed E-state index contributed by atoms with van der Waals surface area (Å²) in [4.78, 5) is 30.1. The van der Waals surface area contributed by atoms with Crippen molar-refractivity contribution in [3.63, 3.8) is 0 Å². The van der Waals surface area contributed by atoms with Crippen molar-refractivity contribution in [2.24, 2.45) is 5.92 Å². The molecule has 3 aliphatic heterocycles. The van der Waals surface area contributed by atoms with Gasteiger partial charge in [0.2, 0.25) is 0 Å². The molecule has 0 radical (unpaired) electrons. The number of nitrogens with zero attached hydrogens (tertiary/aromatic N) is 3. The summed E-state index contributed by atoms with van der Waals surface area (Å²) in [6, 6.07) is 0.908. The molecule has 0 spiro atoms. The Hall–Kier alpha value is -1.30. The Balaban J connectivity index is 1.67. The first-order valence-corrected chi connectivity index (χ1v) is 7.99. The zero-order chi connectivity index (χ0) is 15.1. The third-order valence-corrected chi connectivity index (χ3v) is 5.74. The summed E-state index contributed by atoms with van der Waals surface area (Å²) < 4.78 is 0. The molecule has 0 aromatic heterocycles. The van der Waals surface area contributed by atoms with Crippen LogP contribution in [0.3, 0.4) is 0 Å². The number of fused-ring (bicyclic) bond motifs is 2. The molecule has 0 saturated carbocycles. The quantitative estimate of drug-likeness (QED) is 0.786. The van der Waals surface area contributed by atoms with Gasteiger partial charge >= 0.3 is 12.0 Å². The van der Waals surface area contributed by atoms with Gasteiger partial charge in [-0.25, -0.2) is 4.79 Å². The minimum absolute atomic E-state index is 0.0344. The lowest BCUT2D eigenvalue weighted by Crippen LogP contribution is -2.49. The molecule has 21 heavy (non-hydrogen) atoms. The Bertz CT molecular complexity index is 442. The van der Waals surface area contributed by atoms with Crippen molar-refractivity contribution in [2.45, 2.75) is 50.7 Å². The van der Waals surface area contributed by atoms with E-state index in [2.05, 4.69) is 11.9 Å². The number of carboxylic acid groups (broad SMARTS) is 1. The lowest BCUT2D eigenvalue weighted by molar-refractivity contribution is -0.142. The molecule has 3 saturated heterocycles. The molecule has 0 aromatic carbocycles. The van der Waals surface area contributed by atoms with Crippen molar-refractivity contribution in [2.75, 3.05) is 26.7 Å². The van der Waals surface area contributed by atoms with Crippen LogP contribution in [-0.2, 0) is 4.79 Å². The van der Waals surface area contributed by atoms with Crippen LogP contribution in [0.4, 0.5) is 4.79 Å². The normalized spacial score (nSPS) is 36.9. The maximum absolute atomic E-state index is 12.8. The number of carbonyl (C=O) groups excluding carboxylic acids is 1. The SMILES string of the molecule is CC1C(C(=O)O)CCN1C(=O)N1CCC2CCC(C1)N2C. The molecular weight excluding hydrogens is 270 g/mol. The highest BCUT2D eigenvalue weighted by Gasteiger charge is 2.42.